The highest BCUT2D eigenvalue weighted by atomic mass is 16.5. The van der Waals surface area contributed by atoms with Crippen LogP contribution >= 0.6 is 0 Å². The number of carboxylic acid groups (broad SMARTS) is 1. The van der Waals surface area contributed by atoms with E-state index in [4.69, 9.17) is 14.6 Å². The molecular weight excluding hydrogens is 334 g/mol. The van der Waals surface area contributed by atoms with Gasteiger partial charge in [0.25, 0.3) is 5.91 Å². The van der Waals surface area contributed by atoms with Gasteiger partial charge in [-0.2, -0.15) is 0 Å². The van der Waals surface area contributed by atoms with Gasteiger partial charge >= 0.3 is 5.97 Å². The Morgan fingerprint density at radius 1 is 1.27 bits per heavy atom. The van der Waals surface area contributed by atoms with Crippen LogP contribution in [0.5, 0.6) is 11.5 Å². The first-order valence-corrected chi connectivity index (χ1v) is 9.22. The zero-order chi connectivity index (χ0) is 19.1. The van der Waals surface area contributed by atoms with Crippen molar-refractivity contribution in [2.45, 2.75) is 39.5 Å². The lowest BCUT2D eigenvalue weighted by Crippen LogP contribution is -2.39. The Labute approximate surface area is 155 Å². The van der Waals surface area contributed by atoms with Crippen LogP contribution in [0.4, 0.5) is 0 Å². The number of amides is 1. The van der Waals surface area contributed by atoms with E-state index in [1.54, 1.807) is 30.2 Å². The summed E-state index contributed by atoms with van der Waals surface area (Å²) in [5, 5.41) is 8.92. The average Bonchev–Trinajstić information content (AvgIpc) is 2.61. The molecule has 1 aromatic carbocycles. The number of hydrogen-bond acceptors (Lipinski definition) is 4. The first-order chi connectivity index (χ1) is 12.4. The van der Waals surface area contributed by atoms with Crippen molar-refractivity contribution in [3.05, 3.63) is 23.8 Å². The summed E-state index contributed by atoms with van der Waals surface area (Å²) in [7, 11) is 1.59. The number of hydrogen-bond donors (Lipinski definition) is 1. The van der Waals surface area contributed by atoms with Crippen molar-refractivity contribution in [3.8, 4) is 11.5 Å². The fourth-order valence-electron chi connectivity index (χ4n) is 3.09. The minimum atomic E-state index is -0.772. The summed E-state index contributed by atoms with van der Waals surface area (Å²) < 4.78 is 11.1. The predicted octanol–water partition coefficient (Wildman–Crippen LogP) is 3.45. The molecule has 0 atom stereocenters. The fourth-order valence-corrected chi connectivity index (χ4v) is 3.09. The molecule has 26 heavy (non-hydrogen) atoms. The number of rotatable bonds is 8. The molecular formula is C20H29NO5. The van der Waals surface area contributed by atoms with Gasteiger partial charge in [0.15, 0.2) is 0 Å². The average molecular weight is 363 g/mol. The van der Waals surface area contributed by atoms with Crippen molar-refractivity contribution >= 4 is 11.9 Å². The van der Waals surface area contributed by atoms with Gasteiger partial charge in [-0.15, -0.1) is 0 Å². The summed E-state index contributed by atoms with van der Waals surface area (Å²) >= 11 is 0. The Morgan fingerprint density at radius 3 is 2.54 bits per heavy atom. The molecule has 1 amide bonds. The molecule has 1 aliphatic rings. The Kier molecular flexibility index (Phi) is 7.30. The van der Waals surface area contributed by atoms with Gasteiger partial charge in [-0.25, -0.2) is 0 Å². The molecule has 1 saturated heterocycles. The van der Waals surface area contributed by atoms with Crippen molar-refractivity contribution in [2.24, 2.45) is 11.8 Å². The molecule has 6 nitrogen and oxygen atoms in total. The summed E-state index contributed by atoms with van der Waals surface area (Å²) in [5.74, 6) is 1.03. The second-order valence-corrected chi connectivity index (χ2v) is 7.23. The van der Waals surface area contributed by atoms with E-state index in [0.717, 1.165) is 19.3 Å². The van der Waals surface area contributed by atoms with E-state index < -0.39 is 5.97 Å². The predicted molar refractivity (Wildman–Crippen MR) is 98.8 cm³/mol. The first-order valence-electron chi connectivity index (χ1n) is 9.22. The van der Waals surface area contributed by atoms with Crippen LogP contribution in [-0.2, 0) is 4.79 Å². The quantitative estimate of drug-likeness (QED) is 0.765. The molecule has 0 spiro atoms. The molecule has 144 valence electrons. The topological polar surface area (TPSA) is 76.1 Å². The molecule has 0 aliphatic carbocycles. The molecule has 0 unspecified atom stereocenters. The standard InChI is InChI=1S/C20H29NO5/c1-14(2)8-11-26-18-13-16(25-3)4-5-17(18)20(24)21-9-6-15(7-10-21)12-19(22)23/h4-5,13-15H,6-12H2,1-3H3,(H,22,23). The van der Waals surface area contributed by atoms with Gasteiger partial charge in [0.2, 0.25) is 0 Å². The SMILES string of the molecule is COc1ccc(C(=O)N2CCC(CC(=O)O)CC2)c(OCCC(C)C)c1. The normalized spacial score (nSPS) is 15.2. The van der Waals surface area contributed by atoms with Gasteiger partial charge in [-0.1, -0.05) is 13.8 Å². The summed E-state index contributed by atoms with van der Waals surface area (Å²) in [5.41, 5.74) is 0.534. The van der Waals surface area contributed by atoms with E-state index in [1.165, 1.54) is 0 Å². The van der Waals surface area contributed by atoms with Crippen molar-refractivity contribution in [2.75, 3.05) is 26.8 Å². The van der Waals surface area contributed by atoms with Crippen LogP contribution in [-0.4, -0.2) is 48.7 Å². The van der Waals surface area contributed by atoms with Gasteiger partial charge in [-0.3, -0.25) is 9.59 Å². The lowest BCUT2D eigenvalue weighted by Gasteiger charge is -2.31. The van der Waals surface area contributed by atoms with Gasteiger partial charge in [0.05, 0.1) is 19.3 Å². The third-order valence-electron chi connectivity index (χ3n) is 4.74. The Balaban J connectivity index is 2.06. The monoisotopic (exact) mass is 363 g/mol. The molecule has 0 saturated carbocycles. The van der Waals surface area contributed by atoms with Gasteiger partial charge in [0, 0.05) is 25.6 Å². The second kappa shape index (κ2) is 9.46. The van der Waals surface area contributed by atoms with Crippen molar-refractivity contribution in [1.29, 1.82) is 0 Å². The molecule has 1 aliphatic heterocycles. The van der Waals surface area contributed by atoms with E-state index in [-0.39, 0.29) is 18.2 Å². The number of ether oxygens (including phenoxy) is 2. The number of benzene rings is 1. The Bertz CT molecular complexity index is 621. The van der Waals surface area contributed by atoms with Gasteiger partial charge < -0.3 is 19.5 Å². The third-order valence-corrected chi connectivity index (χ3v) is 4.74. The van der Waals surface area contributed by atoms with Crippen LogP contribution < -0.4 is 9.47 Å². The van der Waals surface area contributed by atoms with E-state index in [1.807, 2.05) is 0 Å². The van der Waals surface area contributed by atoms with E-state index in [0.29, 0.717) is 42.7 Å². The largest absolute Gasteiger partial charge is 0.497 e. The number of carbonyl (C=O) groups is 2. The molecule has 1 heterocycles. The molecule has 6 heteroatoms. The number of piperidine rings is 1. The molecule has 0 aromatic heterocycles. The van der Waals surface area contributed by atoms with Crippen molar-refractivity contribution in [3.63, 3.8) is 0 Å². The number of carboxylic acids is 1. The Hall–Kier alpha value is -2.24. The molecule has 2 rings (SSSR count). The van der Waals surface area contributed by atoms with E-state index >= 15 is 0 Å². The third kappa shape index (κ3) is 5.64. The van der Waals surface area contributed by atoms with E-state index in [9.17, 15) is 9.59 Å². The lowest BCUT2D eigenvalue weighted by molar-refractivity contribution is -0.138. The Morgan fingerprint density at radius 2 is 1.96 bits per heavy atom. The van der Waals surface area contributed by atoms with Crippen LogP contribution in [0, 0.1) is 11.8 Å². The van der Waals surface area contributed by atoms with Crippen molar-refractivity contribution in [1.82, 2.24) is 4.90 Å². The van der Waals surface area contributed by atoms with Crippen LogP contribution in [0.1, 0.15) is 49.9 Å². The van der Waals surface area contributed by atoms with E-state index in [2.05, 4.69) is 13.8 Å². The van der Waals surface area contributed by atoms with Gasteiger partial charge in [0.1, 0.15) is 11.5 Å². The maximum atomic E-state index is 12.9. The number of carbonyl (C=O) groups excluding carboxylic acids is 1. The molecule has 1 N–H and O–H groups in total. The number of nitrogens with zero attached hydrogens (tertiary/aromatic N) is 1. The van der Waals surface area contributed by atoms with Crippen LogP contribution in [0.25, 0.3) is 0 Å². The molecule has 1 aromatic rings. The molecule has 1 fully saturated rings. The first kappa shape index (κ1) is 20.1. The van der Waals surface area contributed by atoms with Gasteiger partial charge in [-0.05, 0) is 43.2 Å². The number of likely N-dealkylation sites (tertiary alicyclic amines) is 1. The maximum absolute atomic E-state index is 12.9. The van der Waals surface area contributed by atoms with Crippen LogP contribution in [0.2, 0.25) is 0 Å². The van der Waals surface area contributed by atoms with Crippen LogP contribution in [0.3, 0.4) is 0 Å². The second-order valence-electron chi connectivity index (χ2n) is 7.23. The van der Waals surface area contributed by atoms with Crippen LogP contribution in [0.15, 0.2) is 18.2 Å². The minimum Gasteiger partial charge on any atom is -0.497 e. The minimum absolute atomic E-state index is 0.0685. The molecule has 0 radical (unpaired) electrons. The van der Waals surface area contributed by atoms with Crippen molar-refractivity contribution < 1.29 is 24.2 Å². The number of methoxy groups -OCH3 is 1. The summed E-state index contributed by atoms with van der Waals surface area (Å²) in [6, 6.07) is 5.26. The highest BCUT2D eigenvalue weighted by Gasteiger charge is 2.26. The summed E-state index contributed by atoms with van der Waals surface area (Å²) in [6.45, 7) is 5.96. The number of aliphatic carboxylic acids is 1. The lowest BCUT2D eigenvalue weighted by atomic mass is 9.93. The molecule has 0 bridgehead atoms. The zero-order valence-electron chi connectivity index (χ0n) is 15.9. The zero-order valence-corrected chi connectivity index (χ0v) is 15.9. The fraction of sp³-hybridized carbons (Fsp3) is 0.600. The summed E-state index contributed by atoms with van der Waals surface area (Å²) in [4.78, 5) is 25.6. The summed E-state index contributed by atoms with van der Waals surface area (Å²) in [6.07, 6.45) is 2.52. The smallest absolute Gasteiger partial charge is 0.303 e. The maximum Gasteiger partial charge on any atom is 0.303 e. The highest BCUT2D eigenvalue weighted by Crippen LogP contribution is 2.28. The highest BCUT2D eigenvalue weighted by molar-refractivity contribution is 5.97.